The Morgan fingerprint density at radius 1 is 1.00 bits per heavy atom. The maximum absolute atomic E-state index is 13.6. The third-order valence-electron chi connectivity index (χ3n) is 7.48. The number of hydrogen-bond acceptors (Lipinski definition) is 4. The molecular weight excluding hydrogens is 418 g/mol. The van der Waals surface area contributed by atoms with Gasteiger partial charge in [-0.25, -0.2) is 4.79 Å². The van der Waals surface area contributed by atoms with Crippen LogP contribution in [0, 0.1) is 5.41 Å². The molecule has 3 aromatic rings. The molecular formula is C25H31N5O3. The quantitative estimate of drug-likeness (QED) is 0.643. The van der Waals surface area contributed by atoms with Gasteiger partial charge in [-0.05, 0) is 76.2 Å². The van der Waals surface area contributed by atoms with Gasteiger partial charge in [-0.15, -0.1) is 0 Å². The van der Waals surface area contributed by atoms with E-state index in [4.69, 9.17) is 0 Å². The van der Waals surface area contributed by atoms with E-state index in [2.05, 4.69) is 28.7 Å². The molecule has 2 aromatic heterocycles. The minimum Gasteiger partial charge on any atom is -0.345 e. The Hall–Kier alpha value is -3.13. The molecule has 2 N–H and O–H groups in total. The molecule has 1 spiro atoms. The number of hydrogen-bond donors (Lipinski definition) is 2. The summed E-state index contributed by atoms with van der Waals surface area (Å²) in [6.07, 6.45) is 7.89. The summed E-state index contributed by atoms with van der Waals surface area (Å²) in [5.41, 5.74) is 1.47. The second-order valence-electron chi connectivity index (χ2n) is 9.77. The van der Waals surface area contributed by atoms with Gasteiger partial charge >= 0.3 is 5.69 Å². The molecule has 0 unspecified atom stereocenters. The van der Waals surface area contributed by atoms with Gasteiger partial charge in [0, 0.05) is 48.5 Å². The molecule has 1 amide bonds. The molecule has 33 heavy (non-hydrogen) atoms. The van der Waals surface area contributed by atoms with Crippen molar-refractivity contribution in [3.05, 3.63) is 63.1 Å². The molecule has 8 nitrogen and oxygen atoms in total. The van der Waals surface area contributed by atoms with Crippen LogP contribution in [-0.4, -0.2) is 51.1 Å². The predicted molar refractivity (Wildman–Crippen MR) is 128 cm³/mol. The third-order valence-corrected chi connectivity index (χ3v) is 7.48. The van der Waals surface area contributed by atoms with Gasteiger partial charge in [0.25, 0.3) is 11.5 Å². The molecule has 5 rings (SSSR count). The molecule has 1 aromatic carbocycles. The second-order valence-corrected chi connectivity index (χ2v) is 9.77. The number of carbonyl (C=O) groups excluding carboxylic acids is 1. The summed E-state index contributed by atoms with van der Waals surface area (Å²) in [5.74, 6) is -0.00378. The number of aromatic amines is 1. The van der Waals surface area contributed by atoms with Crippen molar-refractivity contribution in [1.29, 1.82) is 0 Å². The van der Waals surface area contributed by atoms with E-state index in [0.29, 0.717) is 16.7 Å². The van der Waals surface area contributed by atoms with E-state index in [0.717, 1.165) is 49.9 Å². The topological polar surface area (TPSA) is 92.1 Å². The van der Waals surface area contributed by atoms with Crippen molar-refractivity contribution < 1.29 is 4.79 Å². The van der Waals surface area contributed by atoms with Crippen LogP contribution in [0.1, 0.15) is 55.9 Å². The van der Waals surface area contributed by atoms with E-state index in [1.54, 1.807) is 6.07 Å². The Balaban J connectivity index is 1.54. The van der Waals surface area contributed by atoms with Crippen LogP contribution in [0.25, 0.3) is 16.6 Å². The summed E-state index contributed by atoms with van der Waals surface area (Å²) in [7, 11) is 0. The molecule has 0 bridgehead atoms. The average molecular weight is 450 g/mol. The SMILES string of the molecule is CC(C)n1ccc2c(-n3ccc(=O)[nH]c3=O)cc(C(=O)N3CCC4(CCNCC4)CC3)cc21. The molecule has 0 radical (unpaired) electrons. The Bertz CT molecular complexity index is 1300. The van der Waals surface area contributed by atoms with Gasteiger partial charge in [0.05, 0.1) is 11.2 Å². The number of carbonyl (C=O) groups is 1. The van der Waals surface area contributed by atoms with Gasteiger partial charge in [0.1, 0.15) is 0 Å². The summed E-state index contributed by atoms with van der Waals surface area (Å²) in [5, 5.41) is 4.30. The lowest BCUT2D eigenvalue weighted by molar-refractivity contribution is 0.0496. The third kappa shape index (κ3) is 3.93. The number of nitrogens with zero attached hydrogens (tertiary/aromatic N) is 3. The minimum atomic E-state index is -0.517. The van der Waals surface area contributed by atoms with E-state index >= 15 is 0 Å². The van der Waals surface area contributed by atoms with Gasteiger partial charge in [-0.3, -0.25) is 19.1 Å². The van der Waals surface area contributed by atoms with Gasteiger partial charge in [-0.1, -0.05) is 0 Å². The van der Waals surface area contributed by atoms with E-state index in [-0.39, 0.29) is 11.9 Å². The lowest BCUT2D eigenvalue weighted by Crippen LogP contribution is -2.47. The second kappa shape index (κ2) is 8.33. The van der Waals surface area contributed by atoms with Gasteiger partial charge in [0.15, 0.2) is 0 Å². The zero-order chi connectivity index (χ0) is 23.2. The summed E-state index contributed by atoms with van der Waals surface area (Å²) in [6.45, 7) is 7.82. The number of benzene rings is 1. The monoisotopic (exact) mass is 449 g/mol. The summed E-state index contributed by atoms with van der Waals surface area (Å²) in [4.78, 5) is 42.1. The first-order chi connectivity index (χ1) is 15.9. The van der Waals surface area contributed by atoms with Gasteiger partial charge in [-0.2, -0.15) is 0 Å². The Labute approximate surface area is 192 Å². The zero-order valence-electron chi connectivity index (χ0n) is 19.3. The first kappa shape index (κ1) is 21.7. The highest BCUT2D eigenvalue weighted by atomic mass is 16.2. The molecule has 0 atom stereocenters. The molecule has 2 saturated heterocycles. The number of piperidine rings is 2. The first-order valence-corrected chi connectivity index (χ1v) is 11.8. The number of likely N-dealkylation sites (tertiary alicyclic amines) is 1. The summed E-state index contributed by atoms with van der Waals surface area (Å²) < 4.78 is 3.51. The summed E-state index contributed by atoms with van der Waals surface area (Å²) >= 11 is 0. The standard InChI is InChI=1S/C25H31N5O3/c1-17(2)29-11-3-19-20(29)15-18(16-21(19)30-12-4-22(31)27-24(30)33)23(32)28-13-7-25(8-14-28)5-9-26-10-6-25/h3-4,11-12,15-17,26H,5-10,13-14H2,1-2H3,(H,27,31,33). The fraction of sp³-hybridized carbons (Fsp3) is 0.480. The van der Waals surface area contributed by atoms with Crippen LogP contribution < -0.4 is 16.6 Å². The van der Waals surface area contributed by atoms with Crippen molar-refractivity contribution in [1.82, 2.24) is 24.3 Å². The van der Waals surface area contributed by atoms with Gasteiger partial charge in [0.2, 0.25) is 0 Å². The van der Waals surface area contributed by atoms with E-state index in [1.807, 2.05) is 23.2 Å². The molecule has 0 aliphatic carbocycles. The van der Waals surface area contributed by atoms with Crippen LogP contribution in [-0.2, 0) is 0 Å². The van der Waals surface area contributed by atoms with Crippen LogP contribution in [0.5, 0.6) is 0 Å². The van der Waals surface area contributed by atoms with Crippen LogP contribution >= 0.6 is 0 Å². The lowest BCUT2D eigenvalue weighted by Gasteiger charge is -2.44. The highest BCUT2D eigenvalue weighted by Gasteiger charge is 2.37. The maximum Gasteiger partial charge on any atom is 0.332 e. The number of aromatic nitrogens is 3. The van der Waals surface area contributed by atoms with Crippen molar-refractivity contribution in [2.75, 3.05) is 26.2 Å². The molecule has 2 fully saturated rings. The highest BCUT2D eigenvalue weighted by Crippen LogP contribution is 2.40. The smallest absolute Gasteiger partial charge is 0.332 e. The van der Waals surface area contributed by atoms with E-state index in [9.17, 15) is 14.4 Å². The predicted octanol–water partition coefficient (Wildman–Crippen LogP) is 2.67. The van der Waals surface area contributed by atoms with E-state index < -0.39 is 11.2 Å². The number of H-pyrrole nitrogens is 1. The molecule has 8 heteroatoms. The fourth-order valence-electron chi connectivity index (χ4n) is 5.45. The minimum absolute atomic E-state index is 0.00378. The number of fused-ring (bicyclic) bond motifs is 1. The fourth-order valence-corrected chi connectivity index (χ4v) is 5.45. The zero-order valence-corrected chi connectivity index (χ0v) is 19.3. The van der Waals surface area contributed by atoms with Crippen molar-refractivity contribution in [3.63, 3.8) is 0 Å². The Morgan fingerprint density at radius 3 is 2.39 bits per heavy atom. The molecule has 2 aliphatic heterocycles. The lowest BCUT2D eigenvalue weighted by atomic mass is 9.71. The molecule has 2 aliphatic rings. The Kier molecular flexibility index (Phi) is 5.48. The largest absolute Gasteiger partial charge is 0.345 e. The number of amides is 1. The van der Waals surface area contributed by atoms with Crippen LogP contribution in [0.4, 0.5) is 0 Å². The van der Waals surface area contributed by atoms with Crippen molar-refractivity contribution >= 4 is 16.8 Å². The molecule has 174 valence electrons. The maximum atomic E-state index is 13.6. The number of rotatable bonds is 3. The van der Waals surface area contributed by atoms with Crippen molar-refractivity contribution in [2.24, 2.45) is 5.41 Å². The van der Waals surface area contributed by atoms with Gasteiger partial charge < -0.3 is 14.8 Å². The number of nitrogens with one attached hydrogen (secondary N) is 2. The molecule has 4 heterocycles. The molecule has 0 saturated carbocycles. The normalized spacial score (nSPS) is 18.3. The van der Waals surface area contributed by atoms with Crippen LogP contribution in [0.15, 0.2) is 46.2 Å². The van der Waals surface area contributed by atoms with Crippen LogP contribution in [0.2, 0.25) is 0 Å². The average Bonchev–Trinajstić information content (AvgIpc) is 3.24. The highest BCUT2D eigenvalue weighted by molar-refractivity contribution is 6.01. The summed E-state index contributed by atoms with van der Waals surface area (Å²) in [6, 6.07) is 7.20. The van der Waals surface area contributed by atoms with E-state index in [1.165, 1.54) is 29.7 Å². The van der Waals surface area contributed by atoms with Crippen LogP contribution in [0.3, 0.4) is 0 Å². The van der Waals surface area contributed by atoms with Crippen molar-refractivity contribution in [2.45, 2.75) is 45.6 Å². The Morgan fingerprint density at radius 2 is 1.73 bits per heavy atom. The van der Waals surface area contributed by atoms with Crippen molar-refractivity contribution in [3.8, 4) is 5.69 Å². The first-order valence-electron chi connectivity index (χ1n) is 11.8.